The third kappa shape index (κ3) is 4.18. The van der Waals surface area contributed by atoms with Gasteiger partial charge >= 0.3 is 5.97 Å². The molecule has 0 unspecified atom stereocenters. The Balaban J connectivity index is 1.80. The molecule has 0 saturated carbocycles. The highest BCUT2D eigenvalue weighted by atomic mass is 16.5. The maximum atomic E-state index is 11.6. The summed E-state index contributed by atoms with van der Waals surface area (Å²) in [5, 5.41) is 16.4. The number of hydrogen-bond donors (Lipinski definition) is 1. The van der Waals surface area contributed by atoms with Crippen LogP contribution < -0.4 is 0 Å². The number of rotatable bonds is 6. The molecule has 0 radical (unpaired) electrons. The monoisotopic (exact) mass is 261 g/mol. The van der Waals surface area contributed by atoms with Gasteiger partial charge in [0.05, 0.1) is 5.69 Å². The van der Waals surface area contributed by atoms with Crippen LogP contribution in [0.1, 0.15) is 11.3 Å². The molecule has 1 aromatic carbocycles. The number of esters is 1. The number of ether oxygens (including phenoxy) is 1. The second-order valence-electron chi connectivity index (χ2n) is 4.03. The third-order valence-electron chi connectivity index (χ3n) is 2.49. The van der Waals surface area contributed by atoms with E-state index >= 15 is 0 Å². The molecule has 0 aliphatic heterocycles. The molecule has 6 nitrogen and oxygen atoms in total. The molecule has 0 aliphatic rings. The van der Waals surface area contributed by atoms with Crippen molar-refractivity contribution < 1.29 is 14.6 Å². The maximum Gasteiger partial charge on any atom is 0.328 e. The fourth-order valence-electron chi connectivity index (χ4n) is 1.56. The predicted octanol–water partition coefficient (Wildman–Crippen LogP) is 0.556. The average molecular weight is 261 g/mol. The van der Waals surface area contributed by atoms with Gasteiger partial charge in [0.15, 0.2) is 0 Å². The van der Waals surface area contributed by atoms with E-state index in [2.05, 4.69) is 10.3 Å². The van der Waals surface area contributed by atoms with Crippen LogP contribution in [-0.4, -0.2) is 32.7 Å². The van der Waals surface area contributed by atoms with Crippen LogP contribution in [0.3, 0.4) is 0 Å². The lowest BCUT2D eigenvalue weighted by molar-refractivity contribution is -0.145. The molecule has 19 heavy (non-hydrogen) atoms. The molecular formula is C13H15N3O3. The van der Waals surface area contributed by atoms with Crippen LogP contribution in [0.15, 0.2) is 36.5 Å². The minimum Gasteiger partial charge on any atom is -0.459 e. The standard InChI is InChI=1S/C13H15N3O3/c17-7-6-12-8-16(15-14-12)9-13(18)19-10-11-4-2-1-3-5-11/h1-5,8,17H,6-7,9-10H2. The van der Waals surface area contributed by atoms with E-state index in [-0.39, 0.29) is 25.7 Å². The first-order chi connectivity index (χ1) is 9.28. The van der Waals surface area contributed by atoms with Gasteiger partial charge in [-0.25, -0.2) is 4.68 Å². The summed E-state index contributed by atoms with van der Waals surface area (Å²) in [5.41, 5.74) is 1.59. The summed E-state index contributed by atoms with van der Waals surface area (Å²) in [6, 6.07) is 9.47. The number of benzene rings is 1. The lowest BCUT2D eigenvalue weighted by Crippen LogP contribution is -2.14. The van der Waals surface area contributed by atoms with Gasteiger partial charge in [-0.05, 0) is 5.56 Å². The lowest BCUT2D eigenvalue weighted by Gasteiger charge is -2.04. The second-order valence-corrected chi connectivity index (χ2v) is 4.03. The molecule has 0 saturated heterocycles. The van der Waals surface area contributed by atoms with Gasteiger partial charge in [-0.3, -0.25) is 4.79 Å². The lowest BCUT2D eigenvalue weighted by atomic mass is 10.2. The molecule has 2 rings (SSSR count). The zero-order valence-electron chi connectivity index (χ0n) is 10.4. The highest BCUT2D eigenvalue weighted by Crippen LogP contribution is 2.01. The van der Waals surface area contributed by atoms with Crippen molar-refractivity contribution in [1.82, 2.24) is 15.0 Å². The zero-order chi connectivity index (χ0) is 13.5. The summed E-state index contributed by atoms with van der Waals surface area (Å²) in [4.78, 5) is 11.6. The van der Waals surface area contributed by atoms with E-state index in [1.807, 2.05) is 30.3 Å². The quantitative estimate of drug-likeness (QED) is 0.769. The number of hydrogen-bond acceptors (Lipinski definition) is 5. The summed E-state index contributed by atoms with van der Waals surface area (Å²) in [6.07, 6.45) is 2.05. The first kappa shape index (κ1) is 13.2. The van der Waals surface area contributed by atoms with E-state index in [4.69, 9.17) is 9.84 Å². The van der Waals surface area contributed by atoms with Crippen molar-refractivity contribution in [2.75, 3.05) is 6.61 Å². The Hall–Kier alpha value is -2.21. The van der Waals surface area contributed by atoms with Crippen molar-refractivity contribution in [3.63, 3.8) is 0 Å². The maximum absolute atomic E-state index is 11.6. The SMILES string of the molecule is O=C(Cn1cc(CCO)nn1)OCc1ccccc1. The van der Waals surface area contributed by atoms with Crippen molar-refractivity contribution in [1.29, 1.82) is 0 Å². The minimum absolute atomic E-state index is 0.0111. The largest absolute Gasteiger partial charge is 0.459 e. The summed E-state index contributed by atoms with van der Waals surface area (Å²) in [6.45, 7) is 0.278. The molecular weight excluding hydrogens is 246 g/mol. The molecule has 1 aromatic heterocycles. The van der Waals surface area contributed by atoms with Gasteiger partial charge in [-0.2, -0.15) is 0 Å². The number of carbonyl (C=O) groups is 1. The Labute approximate surface area is 110 Å². The summed E-state index contributed by atoms with van der Waals surface area (Å²) < 4.78 is 6.53. The summed E-state index contributed by atoms with van der Waals surface area (Å²) >= 11 is 0. The topological polar surface area (TPSA) is 77.2 Å². The van der Waals surface area contributed by atoms with Crippen molar-refractivity contribution in [2.24, 2.45) is 0 Å². The smallest absolute Gasteiger partial charge is 0.328 e. The highest BCUT2D eigenvalue weighted by molar-refractivity contribution is 5.69. The Morgan fingerprint density at radius 3 is 2.84 bits per heavy atom. The molecule has 1 heterocycles. The normalized spacial score (nSPS) is 10.4. The highest BCUT2D eigenvalue weighted by Gasteiger charge is 2.07. The molecule has 0 atom stereocenters. The van der Waals surface area contributed by atoms with E-state index in [0.29, 0.717) is 12.1 Å². The number of carbonyl (C=O) groups excluding carboxylic acids is 1. The Kier molecular flexibility index (Phi) is 4.63. The molecule has 0 fully saturated rings. The van der Waals surface area contributed by atoms with Crippen molar-refractivity contribution in [3.05, 3.63) is 47.8 Å². The average Bonchev–Trinajstić information content (AvgIpc) is 2.85. The van der Waals surface area contributed by atoms with Crippen LogP contribution in [0.25, 0.3) is 0 Å². The van der Waals surface area contributed by atoms with Gasteiger partial charge in [0.25, 0.3) is 0 Å². The van der Waals surface area contributed by atoms with E-state index in [1.54, 1.807) is 6.20 Å². The molecule has 0 amide bonds. The Morgan fingerprint density at radius 2 is 2.11 bits per heavy atom. The number of nitrogens with zero attached hydrogens (tertiary/aromatic N) is 3. The number of aliphatic hydroxyl groups excluding tert-OH is 1. The van der Waals surface area contributed by atoms with Crippen LogP contribution in [0.4, 0.5) is 0 Å². The van der Waals surface area contributed by atoms with Gasteiger partial charge in [-0.1, -0.05) is 35.5 Å². The predicted molar refractivity (Wildman–Crippen MR) is 67.0 cm³/mol. The molecule has 100 valence electrons. The van der Waals surface area contributed by atoms with Crippen LogP contribution in [0, 0.1) is 0 Å². The van der Waals surface area contributed by atoms with Crippen LogP contribution in [0.2, 0.25) is 0 Å². The number of aromatic nitrogens is 3. The summed E-state index contributed by atoms with van der Waals surface area (Å²) in [7, 11) is 0. The molecule has 6 heteroatoms. The van der Waals surface area contributed by atoms with Gasteiger partial charge in [0.2, 0.25) is 0 Å². The zero-order valence-corrected chi connectivity index (χ0v) is 10.4. The van der Waals surface area contributed by atoms with Gasteiger partial charge in [0.1, 0.15) is 13.2 Å². The Bertz CT molecular complexity index is 525. The fourth-order valence-corrected chi connectivity index (χ4v) is 1.56. The fraction of sp³-hybridized carbons (Fsp3) is 0.308. The Morgan fingerprint density at radius 1 is 1.32 bits per heavy atom. The number of aliphatic hydroxyl groups is 1. The minimum atomic E-state index is -0.371. The second kappa shape index (κ2) is 6.65. The van der Waals surface area contributed by atoms with E-state index in [1.165, 1.54) is 4.68 Å². The van der Waals surface area contributed by atoms with Gasteiger partial charge in [0, 0.05) is 19.2 Å². The van der Waals surface area contributed by atoms with Crippen molar-refractivity contribution in [3.8, 4) is 0 Å². The first-order valence-corrected chi connectivity index (χ1v) is 5.97. The molecule has 0 spiro atoms. The molecule has 2 aromatic rings. The third-order valence-corrected chi connectivity index (χ3v) is 2.49. The van der Waals surface area contributed by atoms with Crippen molar-refractivity contribution >= 4 is 5.97 Å². The van der Waals surface area contributed by atoms with Crippen molar-refractivity contribution in [2.45, 2.75) is 19.6 Å². The van der Waals surface area contributed by atoms with Crippen LogP contribution in [-0.2, 0) is 29.1 Å². The van der Waals surface area contributed by atoms with E-state index in [9.17, 15) is 4.79 Å². The van der Waals surface area contributed by atoms with E-state index in [0.717, 1.165) is 5.56 Å². The van der Waals surface area contributed by atoms with Gasteiger partial charge < -0.3 is 9.84 Å². The van der Waals surface area contributed by atoms with Crippen LogP contribution >= 0.6 is 0 Å². The van der Waals surface area contributed by atoms with Gasteiger partial charge in [-0.15, -0.1) is 5.10 Å². The van der Waals surface area contributed by atoms with E-state index < -0.39 is 0 Å². The first-order valence-electron chi connectivity index (χ1n) is 5.97. The molecule has 0 bridgehead atoms. The van der Waals surface area contributed by atoms with Crippen LogP contribution in [0.5, 0.6) is 0 Å². The molecule has 0 aliphatic carbocycles. The summed E-state index contributed by atoms with van der Waals surface area (Å²) in [5.74, 6) is -0.371. The molecule has 1 N–H and O–H groups in total.